The van der Waals surface area contributed by atoms with Gasteiger partial charge >= 0.3 is 32.9 Å². The van der Waals surface area contributed by atoms with Gasteiger partial charge in [0.15, 0.2) is 5.82 Å². The number of carboxylic acids is 1. The van der Waals surface area contributed by atoms with Crippen LogP contribution in [-0.2, 0) is 58.3 Å². The highest BCUT2D eigenvalue weighted by molar-refractivity contribution is 7.86. The van der Waals surface area contributed by atoms with E-state index in [1.165, 1.54) is 30.5 Å². The molecule has 27 heteroatoms. The standard InChI is InChI=1S/C37H37ClF5N6O12PS2/c1-36(2,63(3)57)10-9-24-5-6-25(31(45-24)28(44-19-50)15-21-13-22(39)16-23(40)14-21)26-7-8-27(38)30-32(26)48(18-37(41,42)43)46-33(30)49(64(4)58)35(54)59-12-11-47(17-29(51)52)34(53)60-20-61-62(55)56/h5-8,13-14,16,19,28,55-56H,11-12,15,17-18,20H2,1-4H3,(H,44,50)(H,51,52). The van der Waals surface area contributed by atoms with E-state index in [0.717, 1.165) is 18.4 Å². The van der Waals surface area contributed by atoms with Gasteiger partial charge in [-0.2, -0.15) is 22.6 Å². The Bertz CT molecular complexity index is 2500. The molecule has 18 nitrogen and oxygen atoms in total. The fourth-order valence-corrected chi connectivity index (χ4v) is 6.95. The molecule has 0 spiro atoms. The summed E-state index contributed by atoms with van der Waals surface area (Å²) in [7, 11) is -6.87. The normalized spacial score (nSPS) is 13.1. The van der Waals surface area contributed by atoms with Gasteiger partial charge in [-0.25, -0.2) is 27.6 Å². The van der Waals surface area contributed by atoms with Gasteiger partial charge in [-0.1, -0.05) is 23.6 Å². The summed E-state index contributed by atoms with van der Waals surface area (Å²) >= 11 is 6.62. The van der Waals surface area contributed by atoms with Crippen LogP contribution in [-0.4, -0.2) is 117 Å². The van der Waals surface area contributed by atoms with Crippen molar-refractivity contribution in [1.82, 2.24) is 25.0 Å². The molecule has 0 aliphatic rings. The zero-order chi connectivity index (χ0) is 47.7. The Balaban J connectivity index is 1.92. The summed E-state index contributed by atoms with van der Waals surface area (Å²) in [6.07, 6.45) is -5.55. The zero-order valence-electron chi connectivity index (χ0n) is 33.7. The van der Waals surface area contributed by atoms with Gasteiger partial charge in [0, 0.05) is 40.5 Å². The third-order valence-electron chi connectivity index (χ3n) is 8.68. The number of anilines is 1. The summed E-state index contributed by atoms with van der Waals surface area (Å²) in [5.74, 6) is 1.48. The number of pyridine rings is 1. The molecular weight excluding hydrogens is 946 g/mol. The summed E-state index contributed by atoms with van der Waals surface area (Å²) < 4.78 is 111. The van der Waals surface area contributed by atoms with Gasteiger partial charge in [0.05, 0.1) is 34.2 Å². The number of aromatic nitrogens is 3. The van der Waals surface area contributed by atoms with Crippen LogP contribution in [0.25, 0.3) is 22.0 Å². The number of nitrogens with zero attached hydrogens (tertiary/aromatic N) is 5. The molecule has 0 saturated heterocycles. The maximum Gasteiger partial charge on any atom is 0.427 e. The predicted molar refractivity (Wildman–Crippen MR) is 222 cm³/mol. The van der Waals surface area contributed by atoms with E-state index in [9.17, 15) is 54.7 Å². The molecule has 3 atom stereocenters. The highest BCUT2D eigenvalue weighted by Crippen LogP contribution is 2.42. The van der Waals surface area contributed by atoms with E-state index < -0.39 is 122 Å². The van der Waals surface area contributed by atoms with Crippen LogP contribution in [0.15, 0.2) is 42.5 Å². The molecular formula is C37H37ClF5N6O12PS2. The Morgan fingerprint density at radius 2 is 1.69 bits per heavy atom. The SMILES string of the molecule is CS(=O)N(C(=O)OCCN(CC(=O)O)C(=O)OCOP(O)O)c1nn(CC(F)(F)F)c2c(-c3ccc(C#CC(C)(C)S(C)=O)nc3C(Cc3cc(F)cc(F)c3)NC=O)ccc(Cl)c12. The molecule has 0 radical (unpaired) electrons. The van der Waals surface area contributed by atoms with E-state index >= 15 is 0 Å². The predicted octanol–water partition coefficient (Wildman–Crippen LogP) is 5.08. The Morgan fingerprint density at radius 1 is 1.03 bits per heavy atom. The average molecular weight is 983 g/mol. The fraction of sp³-hybridized carbons (Fsp3) is 0.351. The van der Waals surface area contributed by atoms with E-state index in [1.807, 2.05) is 0 Å². The monoisotopic (exact) mass is 982 g/mol. The van der Waals surface area contributed by atoms with Gasteiger partial charge in [0.25, 0.3) is 0 Å². The second-order valence-electron chi connectivity index (χ2n) is 13.6. The maximum atomic E-state index is 14.3. The van der Waals surface area contributed by atoms with Crippen molar-refractivity contribution in [1.29, 1.82) is 0 Å². The summed E-state index contributed by atoms with van der Waals surface area (Å²) in [5.41, 5.74) is -0.565. The third kappa shape index (κ3) is 13.8. The first-order chi connectivity index (χ1) is 29.9. The number of carbonyl (C=O) groups is 4. The average Bonchev–Trinajstić information content (AvgIpc) is 3.53. The summed E-state index contributed by atoms with van der Waals surface area (Å²) in [6.45, 7) is -2.14. The number of hydrogen-bond donors (Lipinski definition) is 4. The highest BCUT2D eigenvalue weighted by Gasteiger charge is 2.35. The molecule has 3 amide bonds. The molecule has 3 unspecified atom stereocenters. The molecule has 0 bridgehead atoms. The van der Waals surface area contributed by atoms with Gasteiger partial charge < -0.3 is 29.7 Å². The third-order valence-corrected chi connectivity index (χ3v) is 11.7. The van der Waals surface area contributed by atoms with E-state index in [0.29, 0.717) is 20.0 Å². The van der Waals surface area contributed by atoms with Crippen molar-refractivity contribution in [2.45, 2.75) is 43.8 Å². The van der Waals surface area contributed by atoms with Crippen LogP contribution in [0.4, 0.5) is 37.4 Å². The Labute approximate surface area is 371 Å². The van der Waals surface area contributed by atoms with E-state index in [4.69, 9.17) is 26.1 Å². The number of nitrogens with one attached hydrogen (secondary N) is 1. The molecule has 0 aliphatic heterocycles. The molecule has 64 heavy (non-hydrogen) atoms. The van der Waals surface area contributed by atoms with Crippen LogP contribution in [0.3, 0.4) is 0 Å². The zero-order valence-corrected chi connectivity index (χ0v) is 37.0. The number of fused-ring (bicyclic) bond motifs is 1. The topological polar surface area (TPSA) is 240 Å². The van der Waals surface area contributed by atoms with Crippen LogP contribution in [0, 0.1) is 23.5 Å². The Hall–Kier alpha value is -5.35. The number of carbonyl (C=O) groups excluding carboxylic acids is 3. The first-order valence-electron chi connectivity index (χ1n) is 18.0. The second-order valence-corrected chi connectivity index (χ2v) is 17.9. The lowest BCUT2D eigenvalue weighted by atomic mass is 9.94. The molecule has 2 aromatic carbocycles. The van der Waals surface area contributed by atoms with Crippen molar-refractivity contribution in [3.05, 3.63) is 76.1 Å². The van der Waals surface area contributed by atoms with Gasteiger partial charge in [-0.05, 0) is 62.1 Å². The summed E-state index contributed by atoms with van der Waals surface area (Å²) in [4.78, 5) is 72.2. The smallest absolute Gasteiger partial charge is 0.427 e. The number of alkyl halides is 3. The molecule has 4 N–H and O–H groups in total. The van der Waals surface area contributed by atoms with Gasteiger partial charge in [0.2, 0.25) is 13.2 Å². The van der Waals surface area contributed by atoms with Crippen molar-refractivity contribution in [2.75, 3.05) is 43.3 Å². The van der Waals surface area contributed by atoms with Crippen LogP contribution in [0.2, 0.25) is 5.02 Å². The molecule has 2 heterocycles. The fourth-order valence-electron chi connectivity index (χ4n) is 5.74. The van der Waals surface area contributed by atoms with Crippen molar-refractivity contribution in [3.63, 3.8) is 0 Å². The van der Waals surface area contributed by atoms with E-state index in [1.54, 1.807) is 13.8 Å². The number of ether oxygens (including phenoxy) is 2. The number of benzene rings is 2. The second kappa shape index (κ2) is 22.0. The van der Waals surface area contributed by atoms with Crippen molar-refractivity contribution in [3.8, 4) is 23.0 Å². The molecule has 346 valence electrons. The van der Waals surface area contributed by atoms with Crippen molar-refractivity contribution in [2.24, 2.45) is 0 Å². The Morgan fingerprint density at radius 3 is 2.27 bits per heavy atom. The number of amides is 3. The minimum absolute atomic E-state index is 0.00575. The molecule has 4 rings (SSSR count). The first-order valence-corrected chi connectivity index (χ1v) is 22.6. The number of halogens is 6. The lowest BCUT2D eigenvalue weighted by molar-refractivity contribution is -0.142. The first kappa shape index (κ1) is 51.3. The molecule has 0 saturated carbocycles. The quantitative estimate of drug-likeness (QED) is 0.0335. The van der Waals surface area contributed by atoms with Crippen molar-refractivity contribution < 1.29 is 78.4 Å². The summed E-state index contributed by atoms with van der Waals surface area (Å²) in [6, 6.07) is 6.56. The number of rotatable bonds is 18. The van der Waals surface area contributed by atoms with E-state index in [2.05, 4.69) is 36.5 Å². The summed E-state index contributed by atoms with van der Waals surface area (Å²) in [5, 5.41) is 15.1. The lowest BCUT2D eigenvalue weighted by Crippen LogP contribution is -2.40. The minimum atomic E-state index is -4.99. The number of aliphatic carboxylic acids is 1. The molecule has 4 aromatic rings. The highest BCUT2D eigenvalue weighted by atomic mass is 35.5. The molecule has 2 aromatic heterocycles. The Kier molecular flexibility index (Phi) is 17.7. The van der Waals surface area contributed by atoms with Crippen LogP contribution >= 0.6 is 20.2 Å². The van der Waals surface area contributed by atoms with Crippen LogP contribution in [0.5, 0.6) is 0 Å². The minimum Gasteiger partial charge on any atom is -0.480 e. The van der Waals surface area contributed by atoms with Gasteiger partial charge in [0.1, 0.15) is 52.8 Å². The molecule has 0 aliphatic carbocycles. The van der Waals surface area contributed by atoms with Gasteiger partial charge in [-0.15, -0.1) is 0 Å². The van der Waals surface area contributed by atoms with Gasteiger partial charge in [-0.3, -0.25) is 27.9 Å². The van der Waals surface area contributed by atoms with Crippen LogP contribution < -0.4 is 9.62 Å². The number of hydrogen-bond acceptors (Lipinski definition) is 13. The lowest BCUT2D eigenvalue weighted by Gasteiger charge is -2.22. The van der Waals surface area contributed by atoms with Crippen LogP contribution in [0.1, 0.15) is 36.8 Å². The maximum absolute atomic E-state index is 14.3. The van der Waals surface area contributed by atoms with Crippen molar-refractivity contribution >= 4 is 83.3 Å². The number of carboxylic acid groups (broad SMARTS) is 1. The van der Waals surface area contributed by atoms with E-state index in [-0.39, 0.29) is 51.3 Å². The molecule has 0 fully saturated rings. The largest absolute Gasteiger partial charge is 0.480 e.